The van der Waals surface area contributed by atoms with Gasteiger partial charge in [-0.05, 0) is 6.92 Å². The highest BCUT2D eigenvalue weighted by atomic mass is 15.8. The third-order valence-corrected chi connectivity index (χ3v) is 1.95. The minimum absolute atomic E-state index is 0.0792. The van der Waals surface area contributed by atoms with Crippen LogP contribution in [-0.2, 0) is 6.54 Å². The van der Waals surface area contributed by atoms with E-state index >= 15 is 0 Å². The molecule has 0 amide bonds. The first-order valence-electron chi connectivity index (χ1n) is 4.42. The zero-order valence-corrected chi connectivity index (χ0v) is 7.86. The summed E-state index contributed by atoms with van der Waals surface area (Å²) in [7, 11) is 0. The highest BCUT2D eigenvalue weighted by Gasteiger charge is 2.14. The molecule has 8 heteroatoms. The van der Waals surface area contributed by atoms with Gasteiger partial charge in [0.05, 0.1) is 18.4 Å². The van der Waals surface area contributed by atoms with Crippen molar-refractivity contribution in [2.24, 2.45) is 5.73 Å². The van der Waals surface area contributed by atoms with Crippen LogP contribution in [0.1, 0.15) is 18.7 Å². The molecule has 0 aliphatic carbocycles. The number of hydrazine groups is 3. The number of rotatable bonds is 3. The molecule has 0 unspecified atom stereocenters. The second-order valence-corrected chi connectivity index (χ2v) is 3.25. The van der Waals surface area contributed by atoms with Crippen LogP contribution >= 0.6 is 0 Å². The summed E-state index contributed by atoms with van der Waals surface area (Å²) in [5.74, 6) is 0. The predicted octanol–water partition coefficient (Wildman–Crippen LogP) is -2.26. The van der Waals surface area contributed by atoms with Crippen molar-refractivity contribution in [1.29, 1.82) is 0 Å². The van der Waals surface area contributed by atoms with Gasteiger partial charge in [-0.1, -0.05) is 5.21 Å². The molecule has 1 aliphatic rings. The Kier molecular flexibility index (Phi) is 2.70. The summed E-state index contributed by atoms with van der Waals surface area (Å²) in [5, 5.41) is 7.90. The minimum Gasteiger partial charge on any atom is -0.323 e. The highest BCUT2D eigenvalue weighted by molar-refractivity contribution is 4.97. The van der Waals surface area contributed by atoms with Crippen LogP contribution in [0.5, 0.6) is 0 Å². The molecule has 1 saturated heterocycles. The molecule has 8 nitrogen and oxygen atoms in total. The van der Waals surface area contributed by atoms with Gasteiger partial charge in [0.15, 0.2) is 0 Å². The van der Waals surface area contributed by atoms with Crippen molar-refractivity contribution in [2.75, 3.05) is 0 Å². The number of aromatic nitrogens is 3. The number of hydrogen-bond acceptors (Lipinski definition) is 7. The molecule has 0 spiro atoms. The van der Waals surface area contributed by atoms with Crippen LogP contribution in [0.2, 0.25) is 0 Å². The average molecular weight is 198 g/mol. The summed E-state index contributed by atoms with van der Waals surface area (Å²) in [6.07, 6.45) is 1.92. The molecule has 78 valence electrons. The maximum atomic E-state index is 5.66. The van der Waals surface area contributed by atoms with Gasteiger partial charge in [0.2, 0.25) is 0 Å². The number of hydrogen-bond donors (Lipinski definition) is 5. The van der Waals surface area contributed by atoms with Crippen LogP contribution < -0.4 is 27.7 Å². The molecule has 14 heavy (non-hydrogen) atoms. The molecule has 2 rings (SSSR count). The monoisotopic (exact) mass is 198 g/mol. The molecular weight excluding hydrogens is 184 g/mol. The largest absolute Gasteiger partial charge is 0.323 e. The second-order valence-electron chi connectivity index (χ2n) is 3.25. The van der Waals surface area contributed by atoms with E-state index in [0.29, 0.717) is 6.54 Å². The molecule has 6 N–H and O–H groups in total. The zero-order chi connectivity index (χ0) is 9.97. The maximum Gasteiger partial charge on any atom is 0.105 e. The van der Waals surface area contributed by atoms with Gasteiger partial charge >= 0.3 is 0 Å². The molecule has 1 fully saturated rings. The molecule has 1 aliphatic heterocycles. The second kappa shape index (κ2) is 3.98. The van der Waals surface area contributed by atoms with Crippen LogP contribution in [0, 0.1) is 0 Å². The van der Waals surface area contributed by atoms with Gasteiger partial charge in [-0.15, -0.1) is 5.10 Å². The minimum atomic E-state index is -0.0792. The Labute approximate surface area is 81.1 Å². The van der Waals surface area contributed by atoms with E-state index in [9.17, 15) is 0 Å². The Balaban J connectivity index is 1.95. The molecule has 1 atom stereocenters. The van der Waals surface area contributed by atoms with Crippen molar-refractivity contribution in [2.45, 2.75) is 25.7 Å². The van der Waals surface area contributed by atoms with Crippen molar-refractivity contribution in [1.82, 2.24) is 36.9 Å². The first kappa shape index (κ1) is 9.49. The van der Waals surface area contributed by atoms with E-state index in [0.717, 1.165) is 5.69 Å². The van der Waals surface area contributed by atoms with Gasteiger partial charge in [0.25, 0.3) is 0 Å². The summed E-state index contributed by atoms with van der Waals surface area (Å²) in [6, 6.07) is -0.0792. The summed E-state index contributed by atoms with van der Waals surface area (Å²) in [6.45, 7) is 2.54. The van der Waals surface area contributed by atoms with Gasteiger partial charge in [0.1, 0.15) is 6.17 Å². The molecule has 0 bridgehead atoms. The molecule has 1 aromatic rings. The average Bonchev–Trinajstić information content (AvgIpc) is 2.75. The van der Waals surface area contributed by atoms with E-state index in [4.69, 9.17) is 5.73 Å². The molecular formula is C6H14N8. The lowest BCUT2D eigenvalue weighted by Crippen LogP contribution is -2.38. The van der Waals surface area contributed by atoms with Gasteiger partial charge in [-0.2, -0.15) is 11.1 Å². The topological polar surface area (TPSA) is 105 Å². The van der Waals surface area contributed by atoms with Gasteiger partial charge < -0.3 is 5.73 Å². The number of nitrogens with zero attached hydrogens (tertiary/aromatic N) is 3. The Morgan fingerprint density at radius 3 is 2.86 bits per heavy atom. The van der Waals surface area contributed by atoms with E-state index in [1.165, 1.54) is 0 Å². The van der Waals surface area contributed by atoms with Crippen molar-refractivity contribution in [3.8, 4) is 0 Å². The number of nitrogens with one attached hydrogen (secondary N) is 4. The molecule has 2 heterocycles. The molecule has 0 aromatic carbocycles. The van der Waals surface area contributed by atoms with Crippen LogP contribution in [0.3, 0.4) is 0 Å². The predicted molar refractivity (Wildman–Crippen MR) is 49.0 cm³/mol. The fraction of sp³-hybridized carbons (Fsp3) is 0.667. The zero-order valence-electron chi connectivity index (χ0n) is 7.86. The van der Waals surface area contributed by atoms with E-state index in [-0.39, 0.29) is 12.2 Å². The van der Waals surface area contributed by atoms with E-state index in [1.807, 2.05) is 13.1 Å². The summed E-state index contributed by atoms with van der Waals surface area (Å²) in [4.78, 5) is 0. The first-order valence-corrected chi connectivity index (χ1v) is 4.42. The quantitative estimate of drug-likeness (QED) is 0.373. The smallest absolute Gasteiger partial charge is 0.105 e. The molecule has 1 aromatic heterocycles. The highest BCUT2D eigenvalue weighted by Crippen LogP contribution is 2.03. The number of nitrogens with two attached hydrogens (primary N) is 1. The van der Waals surface area contributed by atoms with Crippen LogP contribution in [0.15, 0.2) is 6.20 Å². The Hall–Kier alpha value is -1.06. The van der Waals surface area contributed by atoms with E-state index in [1.54, 1.807) is 4.68 Å². The fourth-order valence-corrected chi connectivity index (χ4v) is 1.17. The first-order chi connectivity index (χ1) is 6.75. The fourth-order valence-electron chi connectivity index (χ4n) is 1.17. The molecule has 0 radical (unpaired) electrons. The lowest BCUT2D eigenvalue weighted by Gasteiger charge is -2.07. The van der Waals surface area contributed by atoms with Gasteiger partial charge in [-0.25, -0.2) is 15.5 Å². The maximum absolute atomic E-state index is 5.66. The summed E-state index contributed by atoms with van der Waals surface area (Å²) in [5.41, 5.74) is 17.8. The lowest BCUT2D eigenvalue weighted by atomic mass is 10.3. The van der Waals surface area contributed by atoms with Crippen LogP contribution in [0.4, 0.5) is 0 Å². The van der Waals surface area contributed by atoms with Crippen molar-refractivity contribution in [3.05, 3.63) is 11.9 Å². The third kappa shape index (κ3) is 2.05. The normalized spacial score (nSPS) is 20.1. The lowest BCUT2D eigenvalue weighted by molar-refractivity contribution is 0.420. The Bertz CT molecular complexity index is 288. The van der Waals surface area contributed by atoms with E-state index < -0.39 is 0 Å². The molecule has 0 saturated carbocycles. The van der Waals surface area contributed by atoms with Crippen LogP contribution in [-0.4, -0.2) is 21.2 Å². The van der Waals surface area contributed by atoms with Crippen LogP contribution in [0.25, 0.3) is 0 Å². The Morgan fingerprint density at radius 1 is 1.57 bits per heavy atom. The van der Waals surface area contributed by atoms with Gasteiger partial charge in [0, 0.05) is 6.04 Å². The Morgan fingerprint density at radius 2 is 2.29 bits per heavy atom. The van der Waals surface area contributed by atoms with Crippen molar-refractivity contribution >= 4 is 0 Å². The van der Waals surface area contributed by atoms with Crippen molar-refractivity contribution < 1.29 is 0 Å². The summed E-state index contributed by atoms with van der Waals surface area (Å²) < 4.78 is 1.73. The van der Waals surface area contributed by atoms with Gasteiger partial charge in [-0.3, -0.25) is 0 Å². The van der Waals surface area contributed by atoms with Crippen molar-refractivity contribution in [3.63, 3.8) is 0 Å². The SMILES string of the molecule is C[C@H](N)c1cn(CC2NNNN2)nn1. The van der Waals surface area contributed by atoms with E-state index in [2.05, 4.69) is 32.2 Å². The summed E-state index contributed by atoms with van der Waals surface area (Å²) >= 11 is 0. The third-order valence-electron chi connectivity index (χ3n) is 1.95. The standard InChI is InChI=1S/C6H14N8/c1-4(7)5-2-14(13-8-5)3-6-9-11-12-10-6/h2,4,6,9-12H,3,7H2,1H3/t4-/m0/s1.